The van der Waals surface area contributed by atoms with Gasteiger partial charge in [0.15, 0.2) is 0 Å². The molecular formula is C17H22N2O3. The second-order valence-electron chi connectivity index (χ2n) is 7.35. The molecule has 118 valence electrons. The first kappa shape index (κ1) is 14.0. The van der Waals surface area contributed by atoms with E-state index in [4.69, 9.17) is 0 Å². The summed E-state index contributed by atoms with van der Waals surface area (Å²) in [4.78, 5) is 40.6. The number of piperidine rings is 1. The van der Waals surface area contributed by atoms with Crippen LogP contribution in [-0.2, 0) is 14.4 Å². The lowest BCUT2D eigenvalue weighted by molar-refractivity contribution is -0.147. The molecule has 4 aliphatic rings. The Labute approximate surface area is 130 Å². The highest BCUT2D eigenvalue weighted by Gasteiger charge is 2.59. The van der Waals surface area contributed by atoms with Crippen LogP contribution in [0.4, 0.5) is 0 Å². The third-order valence-electron chi connectivity index (χ3n) is 5.86. The molecule has 2 saturated heterocycles. The fourth-order valence-corrected chi connectivity index (χ4v) is 4.77. The molecule has 0 aromatic heterocycles. The van der Waals surface area contributed by atoms with Gasteiger partial charge >= 0.3 is 0 Å². The van der Waals surface area contributed by atoms with Crippen LogP contribution in [0.1, 0.15) is 26.2 Å². The van der Waals surface area contributed by atoms with E-state index in [1.165, 1.54) is 4.90 Å². The number of carbonyl (C=O) groups is 3. The van der Waals surface area contributed by atoms with Crippen LogP contribution in [0.5, 0.6) is 0 Å². The van der Waals surface area contributed by atoms with Crippen molar-refractivity contribution in [2.45, 2.75) is 26.2 Å². The van der Waals surface area contributed by atoms with E-state index in [2.05, 4.69) is 19.1 Å². The molecule has 1 saturated carbocycles. The number of rotatable bonds is 2. The number of hydrogen-bond donors (Lipinski definition) is 0. The van der Waals surface area contributed by atoms with Crippen LogP contribution in [-0.4, -0.2) is 47.2 Å². The lowest BCUT2D eigenvalue weighted by Gasteiger charge is -2.32. The summed E-state index contributed by atoms with van der Waals surface area (Å²) < 4.78 is 0. The molecular weight excluding hydrogens is 280 g/mol. The van der Waals surface area contributed by atoms with Gasteiger partial charge < -0.3 is 4.90 Å². The molecule has 0 spiro atoms. The summed E-state index contributed by atoms with van der Waals surface area (Å²) in [5, 5.41) is 0. The molecule has 4 rings (SSSR count). The number of hydrogen-bond acceptors (Lipinski definition) is 3. The van der Waals surface area contributed by atoms with Crippen LogP contribution in [0, 0.1) is 29.6 Å². The van der Waals surface area contributed by atoms with Gasteiger partial charge in [0.2, 0.25) is 17.7 Å². The predicted octanol–water partition coefficient (Wildman–Crippen LogP) is 1.05. The zero-order valence-corrected chi connectivity index (χ0v) is 12.9. The lowest BCUT2D eigenvalue weighted by atomic mass is 9.85. The van der Waals surface area contributed by atoms with Crippen molar-refractivity contribution in [1.82, 2.24) is 9.80 Å². The zero-order chi connectivity index (χ0) is 15.4. The summed E-state index contributed by atoms with van der Waals surface area (Å²) in [5.74, 6) is 0.209. The fraction of sp³-hybridized carbons (Fsp3) is 0.706. The van der Waals surface area contributed by atoms with Crippen molar-refractivity contribution in [3.8, 4) is 0 Å². The first-order valence-electron chi connectivity index (χ1n) is 8.37. The maximum Gasteiger partial charge on any atom is 0.242 e. The van der Waals surface area contributed by atoms with E-state index in [0.29, 0.717) is 5.92 Å². The SMILES string of the molecule is C[C@H]1CCCN(C(=O)CN2C(=O)[C@@H]3[C@H](C2=O)[C@H]2C=C[C@H]3C2)C1. The standard InChI is InChI=1S/C17H22N2O3/c1-10-3-2-6-18(8-10)13(20)9-19-16(21)14-11-4-5-12(7-11)15(14)17(19)22/h4-5,10-12,14-15H,2-3,6-9H2,1H3/t10-,11-,12-,14-,15+/m0/s1. The Morgan fingerprint density at radius 2 is 1.82 bits per heavy atom. The topological polar surface area (TPSA) is 57.7 Å². The molecule has 2 aliphatic heterocycles. The number of likely N-dealkylation sites (tertiary alicyclic amines) is 2. The average Bonchev–Trinajstić information content (AvgIpc) is 3.17. The monoisotopic (exact) mass is 302 g/mol. The number of nitrogens with zero attached hydrogens (tertiary/aromatic N) is 2. The summed E-state index contributed by atoms with van der Waals surface area (Å²) in [6, 6.07) is 0. The van der Waals surface area contributed by atoms with Crippen molar-refractivity contribution in [3.05, 3.63) is 12.2 Å². The van der Waals surface area contributed by atoms with Crippen molar-refractivity contribution in [2.24, 2.45) is 29.6 Å². The Morgan fingerprint density at radius 3 is 2.41 bits per heavy atom. The number of carbonyl (C=O) groups excluding carboxylic acids is 3. The quantitative estimate of drug-likeness (QED) is 0.566. The van der Waals surface area contributed by atoms with Gasteiger partial charge in [0.1, 0.15) is 6.54 Å². The number of amides is 3. The first-order chi connectivity index (χ1) is 10.6. The maximum atomic E-state index is 12.6. The Kier molecular flexibility index (Phi) is 3.13. The molecule has 5 atom stereocenters. The Morgan fingerprint density at radius 1 is 1.18 bits per heavy atom. The van der Waals surface area contributed by atoms with Gasteiger partial charge in [0.25, 0.3) is 0 Å². The van der Waals surface area contributed by atoms with E-state index in [0.717, 1.165) is 32.4 Å². The second-order valence-corrected chi connectivity index (χ2v) is 7.35. The minimum atomic E-state index is -0.199. The Balaban J connectivity index is 1.47. The van der Waals surface area contributed by atoms with E-state index >= 15 is 0 Å². The molecule has 2 aliphatic carbocycles. The highest BCUT2D eigenvalue weighted by Crippen LogP contribution is 2.52. The molecule has 3 fully saturated rings. The van der Waals surface area contributed by atoms with Crippen LogP contribution in [0.15, 0.2) is 12.2 Å². The van der Waals surface area contributed by atoms with E-state index in [9.17, 15) is 14.4 Å². The van der Waals surface area contributed by atoms with Crippen LogP contribution in [0.3, 0.4) is 0 Å². The maximum absolute atomic E-state index is 12.6. The van der Waals surface area contributed by atoms with Crippen molar-refractivity contribution in [1.29, 1.82) is 0 Å². The van der Waals surface area contributed by atoms with E-state index in [1.54, 1.807) is 0 Å². The molecule has 0 N–H and O–H groups in total. The number of imide groups is 1. The van der Waals surface area contributed by atoms with Crippen molar-refractivity contribution >= 4 is 17.7 Å². The normalized spacial score (nSPS) is 39.8. The van der Waals surface area contributed by atoms with Crippen molar-refractivity contribution < 1.29 is 14.4 Å². The average molecular weight is 302 g/mol. The van der Waals surface area contributed by atoms with Gasteiger partial charge in [-0.3, -0.25) is 19.3 Å². The Bertz CT molecular complexity index is 540. The molecule has 3 amide bonds. The molecule has 0 radical (unpaired) electrons. The molecule has 2 bridgehead atoms. The smallest absolute Gasteiger partial charge is 0.242 e. The van der Waals surface area contributed by atoms with Gasteiger partial charge in [-0.2, -0.15) is 0 Å². The van der Waals surface area contributed by atoms with Crippen LogP contribution < -0.4 is 0 Å². The third kappa shape index (κ3) is 1.94. The molecule has 22 heavy (non-hydrogen) atoms. The minimum Gasteiger partial charge on any atom is -0.341 e. The number of allylic oxidation sites excluding steroid dienone is 2. The Hall–Kier alpha value is -1.65. The second kappa shape index (κ2) is 4.93. The van der Waals surface area contributed by atoms with E-state index in [1.807, 2.05) is 4.90 Å². The zero-order valence-electron chi connectivity index (χ0n) is 12.9. The minimum absolute atomic E-state index is 0.0587. The molecule has 0 unspecified atom stereocenters. The molecule has 0 aromatic rings. The fourth-order valence-electron chi connectivity index (χ4n) is 4.77. The molecule has 5 heteroatoms. The largest absolute Gasteiger partial charge is 0.341 e. The van der Waals surface area contributed by atoms with Crippen LogP contribution >= 0.6 is 0 Å². The van der Waals surface area contributed by atoms with Gasteiger partial charge in [-0.05, 0) is 37.0 Å². The summed E-state index contributed by atoms with van der Waals surface area (Å²) in [6.45, 7) is 3.57. The van der Waals surface area contributed by atoms with Gasteiger partial charge in [-0.25, -0.2) is 0 Å². The highest BCUT2D eigenvalue weighted by molar-refractivity contribution is 6.08. The van der Waals surface area contributed by atoms with Crippen LogP contribution in [0.2, 0.25) is 0 Å². The van der Waals surface area contributed by atoms with Crippen molar-refractivity contribution in [2.75, 3.05) is 19.6 Å². The van der Waals surface area contributed by atoms with Gasteiger partial charge in [0.05, 0.1) is 11.8 Å². The first-order valence-corrected chi connectivity index (χ1v) is 8.37. The van der Waals surface area contributed by atoms with E-state index in [-0.39, 0.29) is 47.9 Å². The molecule has 5 nitrogen and oxygen atoms in total. The third-order valence-corrected chi connectivity index (χ3v) is 5.86. The predicted molar refractivity (Wildman–Crippen MR) is 79.4 cm³/mol. The summed E-state index contributed by atoms with van der Waals surface area (Å²) in [5.41, 5.74) is 0. The highest BCUT2D eigenvalue weighted by atomic mass is 16.2. The van der Waals surface area contributed by atoms with E-state index < -0.39 is 0 Å². The number of fused-ring (bicyclic) bond motifs is 5. The van der Waals surface area contributed by atoms with Gasteiger partial charge in [0, 0.05) is 13.1 Å². The summed E-state index contributed by atoms with van der Waals surface area (Å²) in [7, 11) is 0. The lowest BCUT2D eigenvalue weighted by Crippen LogP contribution is -2.46. The van der Waals surface area contributed by atoms with Crippen LogP contribution in [0.25, 0.3) is 0 Å². The van der Waals surface area contributed by atoms with Gasteiger partial charge in [-0.1, -0.05) is 19.1 Å². The molecule has 2 heterocycles. The molecule has 0 aromatic carbocycles. The van der Waals surface area contributed by atoms with Gasteiger partial charge in [-0.15, -0.1) is 0 Å². The summed E-state index contributed by atoms with van der Waals surface area (Å²) >= 11 is 0. The van der Waals surface area contributed by atoms with Crippen molar-refractivity contribution in [3.63, 3.8) is 0 Å². The summed E-state index contributed by atoms with van der Waals surface area (Å²) in [6.07, 6.45) is 7.24.